The Balaban J connectivity index is 4.09. The summed E-state index contributed by atoms with van der Waals surface area (Å²) in [6.07, 6.45) is 0. The summed E-state index contributed by atoms with van der Waals surface area (Å²) in [5, 5.41) is 17.2. The highest BCUT2D eigenvalue weighted by atomic mass is 16.4. The molecule has 0 radical (unpaired) electrons. The molecule has 0 aromatic carbocycles. The van der Waals surface area contributed by atoms with E-state index in [9.17, 15) is 9.59 Å². The van der Waals surface area contributed by atoms with Crippen LogP contribution in [0.5, 0.6) is 0 Å². The van der Waals surface area contributed by atoms with Crippen molar-refractivity contribution in [2.45, 2.75) is 13.8 Å². The highest BCUT2D eigenvalue weighted by Crippen LogP contribution is 2.00. The molecular weight excluding hydrogens is 174 g/mol. The third-order valence-corrected chi connectivity index (χ3v) is 1.73. The predicted octanol–water partition coefficient (Wildman–Crippen LogP) is -0.452. The van der Waals surface area contributed by atoms with Crippen molar-refractivity contribution >= 4 is 11.9 Å². The number of amides is 1. The molecule has 5 nitrogen and oxygen atoms in total. The van der Waals surface area contributed by atoms with Crippen molar-refractivity contribution in [2.24, 2.45) is 5.92 Å². The van der Waals surface area contributed by atoms with E-state index in [1.165, 1.54) is 18.7 Å². The highest BCUT2D eigenvalue weighted by Gasteiger charge is 2.17. The molecule has 0 aromatic heterocycles. The molecule has 0 bridgehead atoms. The Hall–Kier alpha value is -1.10. The molecule has 76 valence electrons. The Labute approximate surface area is 77.0 Å². The van der Waals surface area contributed by atoms with Crippen molar-refractivity contribution in [1.82, 2.24) is 4.90 Å². The summed E-state index contributed by atoms with van der Waals surface area (Å²) in [6, 6.07) is 0. The Bertz CT molecular complexity index is 193. The van der Waals surface area contributed by atoms with E-state index in [4.69, 9.17) is 10.2 Å². The van der Waals surface area contributed by atoms with E-state index < -0.39 is 11.9 Å². The van der Waals surface area contributed by atoms with Crippen LogP contribution in [0.15, 0.2) is 0 Å². The first-order valence-corrected chi connectivity index (χ1v) is 4.08. The van der Waals surface area contributed by atoms with E-state index in [2.05, 4.69) is 0 Å². The largest absolute Gasteiger partial charge is 0.481 e. The standard InChI is InChI=1S/C8H15NO4/c1-6(8(12)13)5-9(3-4-10)7(2)11/h6,10H,3-5H2,1-2H3,(H,12,13). The third-order valence-electron chi connectivity index (χ3n) is 1.73. The summed E-state index contributed by atoms with van der Waals surface area (Å²) < 4.78 is 0. The molecule has 0 saturated heterocycles. The minimum atomic E-state index is -0.941. The van der Waals surface area contributed by atoms with Crippen LogP contribution in [0.1, 0.15) is 13.8 Å². The number of carbonyl (C=O) groups excluding carboxylic acids is 1. The summed E-state index contributed by atoms with van der Waals surface area (Å²) >= 11 is 0. The first-order valence-electron chi connectivity index (χ1n) is 4.08. The number of aliphatic hydroxyl groups is 1. The second-order valence-corrected chi connectivity index (χ2v) is 2.93. The predicted molar refractivity (Wildman–Crippen MR) is 46.1 cm³/mol. The van der Waals surface area contributed by atoms with Crippen molar-refractivity contribution < 1.29 is 19.8 Å². The lowest BCUT2D eigenvalue weighted by atomic mass is 10.1. The average Bonchev–Trinajstić information content (AvgIpc) is 2.03. The third kappa shape index (κ3) is 4.47. The smallest absolute Gasteiger partial charge is 0.308 e. The Kier molecular flexibility index (Phi) is 5.06. The molecule has 0 aliphatic carbocycles. The van der Waals surface area contributed by atoms with E-state index in [0.717, 1.165) is 0 Å². The molecular formula is C8H15NO4. The van der Waals surface area contributed by atoms with Gasteiger partial charge in [-0.05, 0) is 0 Å². The van der Waals surface area contributed by atoms with Gasteiger partial charge in [0, 0.05) is 20.0 Å². The number of aliphatic carboxylic acids is 1. The van der Waals surface area contributed by atoms with Gasteiger partial charge >= 0.3 is 5.97 Å². The lowest BCUT2D eigenvalue weighted by Gasteiger charge is -2.21. The van der Waals surface area contributed by atoms with Gasteiger partial charge in [0.05, 0.1) is 12.5 Å². The summed E-state index contributed by atoms with van der Waals surface area (Å²) in [5.74, 6) is -1.76. The summed E-state index contributed by atoms with van der Waals surface area (Å²) in [7, 11) is 0. The Morgan fingerprint density at radius 1 is 1.46 bits per heavy atom. The van der Waals surface area contributed by atoms with Gasteiger partial charge in [0.2, 0.25) is 5.91 Å². The van der Waals surface area contributed by atoms with Crippen molar-refractivity contribution in [2.75, 3.05) is 19.7 Å². The lowest BCUT2D eigenvalue weighted by molar-refractivity contribution is -0.142. The molecule has 0 saturated carbocycles. The number of rotatable bonds is 5. The van der Waals surface area contributed by atoms with Crippen LogP contribution < -0.4 is 0 Å². The van der Waals surface area contributed by atoms with Gasteiger partial charge in [0.15, 0.2) is 0 Å². The molecule has 5 heteroatoms. The molecule has 0 aliphatic rings. The van der Waals surface area contributed by atoms with Gasteiger partial charge < -0.3 is 15.1 Å². The normalized spacial score (nSPS) is 12.2. The number of aliphatic hydroxyl groups excluding tert-OH is 1. The second-order valence-electron chi connectivity index (χ2n) is 2.93. The minimum absolute atomic E-state index is 0.144. The van der Waals surface area contributed by atoms with Crippen molar-refractivity contribution in [3.8, 4) is 0 Å². The fourth-order valence-corrected chi connectivity index (χ4v) is 0.907. The van der Waals surface area contributed by atoms with Gasteiger partial charge in [-0.25, -0.2) is 0 Å². The number of nitrogens with zero attached hydrogens (tertiary/aromatic N) is 1. The van der Waals surface area contributed by atoms with E-state index in [0.29, 0.717) is 0 Å². The molecule has 13 heavy (non-hydrogen) atoms. The summed E-state index contributed by atoms with van der Waals surface area (Å²) in [6.45, 7) is 3.06. The van der Waals surface area contributed by atoms with Crippen molar-refractivity contribution in [3.63, 3.8) is 0 Å². The van der Waals surface area contributed by atoms with Gasteiger partial charge in [0.25, 0.3) is 0 Å². The maximum Gasteiger partial charge on any atom is 0.308 e. The zero-order valence-corrected chi connectivity index (χ0v) is 7.86. The topological polar surface area (TPSA) is 77.8 Å². The van der Waals surface area contributed by atoms with Crippen LogP contribution in [0.4, 0.5) is 0 Å². The molecule has 0 rings (SSSR count). The van der Waals surface area contributed by atoms with Crippen LogP contribution in [-0.2, 0) is 9.59 Å². The van der Waals surface area contributed by atoms with E-state index in [1.54, 1.807) is 0 Å². The van der Waals surface area contributed by atoms with Crippen LogP contribution in [-0.4, -0.2) is 46.7 Å². The van der Waals surface area contributed by atoms with Crippen molar-refractivity contribution in [1.29, 1.82) is 0 Å². The van der Waals surface area contributed by atoms with Gasteiger partial charge in [0.1, 0.15) is 0 Å². The molecule has 1 amide bonds. The number of carbonyl (C=O) groups is 2. The molecule has 1 unspecified atom stereocenters. The molecule has 0 heterocycles. The SMILES string of the molecule is CC(=O)N(CCO)CC(C)C(=O)O. The number of carboxylic acid groups (broad SMARTS) is 1. The summed E-state index contributed by atoms with van der Waals surface area (Å²) in [5.41, 5.74) is 0. The van der Waals surface area contributed by atoms with E-state index >= 15 is 0 Å². The van der Waals surface area contributed by atoms with Gasteiger partial charge in [-0.2, -0.15) is 0 Å². The number of hydrogen-bond donors (Lipinski definition) is 2. The molecule has 2 N–H and O–H groups in total. The van der Waals surface area contributed by atoms with Crippen LogP contribution in [0, 0.1) is 5.92 Å². The minimum Gasteiger partial charge on any atom is -0.481 e. The molecule has 0 fully saturated rings. The molecule has 0 aliphatic heterocycles. The maximum atomic E-state index is 10.9. The van der Waals surface area contributed by atoms with Crippen LogP contribution >= 0.6 is 0 Å². The zero-order chi connectivity index (χ0) is 10.4. The first-order chi connectivity index (χ1) is 5.99. The van der Waals surface area contributed by atoms with E-state index in [-0.39, 0.29) is 25.6 Å². The lowest BCUT2D eigenvalue weighted by Crippen LogP contribution is -2.37. The molecule has 0 spiro atoms. The molecule has 1 atom stereocenters. The quantitative estimate of drug-likeness (QED) is 0.614. The first kappa shape index (κ1) is 11.9. The molecule has 0 aromatic rings. The number of hydrogen-bond acceptors (Lipinski definition) is 3. The Morgan fingerprint density at radius 2 is 2.00 bits per heavy atom. The van der Waals surface area contributed by atoms with E-state index in [1.807, 2.05) is 0 Å². The zero-order valence-electron chi connectivity index (χ0n) is 7.86. The van der Waals surface area contributed by atoms with Crippen LogP contribution in [0.25, 0.3) is 0 Å². The van der Waals surface area contributed by atoms with Crippen molar-refractivity contribution in [3.05, 3.63) is 0 Å². The fraction of sp³-hybridized carbons (Fsp3) is 0.750. The van der Waals surface area contributed by atoms with Crippen LogP contribution in [0.2, 0.25) is 0 Å². The number of carboxylic acids is 1. The maximum absolute atomic E-state index is 10.9. The second kappa shape index (κ2) is 5.53. The highest BCUT2D eigenvalue weighted by molar-refractivity contribution is 5.75. The average molecular weight is 189 g/mol. The van der Waals surface area contributed by atoms with Gasteiger partial charge in [-0.3, -0.25) is 9.59 Å². The van der Waals surface area contributed by atoms with Crippen LogP contribution in [0.3, 0.4) is 0 Å². The van der Waals surface area contributed by atoms with Gasteiger partial charge in [-0.15, -0.1) is 0 Å². The Morgan fingerprint density at radius 3 is 2.31 bits per heavy atom. The fourth-order valence-electron chi connectivity index (χ4n) is 0.907. The monoisotopic (exact) mass is 189 g/mol. The van der Waals surface area contributed by atoms with Gasteiger partial charge in [-0.1, -0.05) is 6.92 Å². The summed E-state index contributed by atoms with van der Waals surface area (Å²) in [4.78, 5) is 22.7.